The highest BCUT2D eigenvalue weighted by Gasteiger charge is 2.39. The van der Waals surface area contributed by atoms with Gasteiger partial charge < -0.3 is 13.7 Å². The lowest BCUT2D eigenvalue weighted by Gasteiger charge is -2.41. The van der Waals surface area contributed by atoms with Gasteiger partial charge in [-0.05, 0) is 36.4 Å². The first-order valence-electron chi connectivity index (χ1n) is 7.79. The Balaban J connectivity index is 1.45. The molecule has 0 atom stereocenters. The number of nitrogens with one attached hydrogen (secondary N) is 1. The van der Waals surface area contributed by atoms with Crippen LogP contribution in [0.25, 0.3) is 11.3 Å². The van der Waals surface area contributed by atoms with Crippen molar-refractivity contribution in [1.29, 1.82) is 0 Å². The van der Waals surface area contributed by atoms with Gasteiger partial charge in [0.15, 0.2) is 5.76 Å². The maximum Gasteiger partial charge on any atom is 0.167 e. The van der Waals surface area contributed by atoms with Crippen LogP contribution < -0.4 is 5.32 Å². The summed E-state index contributed by atoms with van der Waals surface area (Å²) < 4.78 is 29.1. The van der Waals surface area contributed by atoms with Crippen molar-refractivity contribution in [2.24, 2.45) is 0 Å². The van der Waals surface area contributed by atoms with Crippen molar-refractivity contribution in [3.8, 4) is 11.3 Å². The number of benzene rings is 1. The van der Waals surface area contributed by atoms with Crippen LogP contribution in [0.2, 0.25) is 0 Å². The lowest BCUT2D eigenvalue weighted by Crippen LogP contribution is -2.61. The Labute approximate surface area is 138 Å². The molecule has 1 aliphatic rings. The molecule has 0 amide bonds. The summed E-state index contributed by atoms with van der Waals surface area (Å²) in [5.41, 5.74) is 1.48. The molecule has 6 heteroatoms. The minimum atomic E-state index is -0.272. The largest absolute Gasteiger partial charge is 0.468 e. The zero-order valence-corrected chi connectivity index (χ0v) is 13.0. The van der Waals surface area contributed by atoms with Gasteiger partial charge in [0.1, 0.15) is 11.6 Å². The van der Waals surface area contributed by atoms with Crippen LogP contribution >= 0.6 is 0 Å². The van der Waals surface area contributed by atoms with Crippen LogP contribution in [0.5, 0.6) is 0 Å². The van der Waals surface area contributed by atoms with Gasteiger partial charge in [-0.1, -0.05) is 5.16 Å². The van der Waals surface area contributed by atoms with Gasteiger partial charge in [-0.2, -0.15) is 0 Å². The molecule has 1 aromatic carbocycles. The van der Waals surface area contributed by atoms with Crippen molar-refractivity contribution in [2.45, 2.75) is 18.5 Å². The van der Waals surface area contributed by atoms with Crippen LogP contribution in [0.4, 0.5) is 4.39 Å². The minimum Gasteiger partial charge on any atom is -0.468 e. The van der Waals surface area contributed by atoms with E-state index in [-0.39, 0.29) is 11.4 Å². The highest BCUT2D eigenvalue weighted by molar-refractivity contribution is 5.57. The molecule has 0 unspecified atom stereocenters. The zero-order chi connectivity index (χ0) is 16.4. The van der Waals surface area contributed by atoms with E-state index in [9.17, 15) is 4.39 Å². The van der Waals surface area contributed by atoms with Gasteiger partial charge in [0.2, 0.25) is 0 Å². The number of rotatable bonds is 6. The van der Waals surface area contributed by atoms with E-state index in [0.717, 1.165) is 17.0 Å². The van der Waals surface area contributed by atoms with E-state index in [1.54, 1.807) is 18.4 Å². The topological polar surface area (TPSA) is 60.4 Å². The fourth-order valence-electron chi connectivity index (χ4n) is 2.79. The van der Waals surface area contributed by atoms with Crippen LogP contribution in [-0.4, -0.2) is 23.9 Å². The molecule has 3 aromatic rings. The van der Waals surface area contributed by atoms with E-state index >= 15 is 0 Å². The molecule has 0 spiro atoms. The molecule has 1 aliphatic heterocycles. The van der Waals surface area contributed by atoms with E-state index < -0.39 is 0 Å². The Kier molecular flexibility index (Phi) is 3.92. The number of hydrogen-bond donors (Lipinski definition) is 1. The fourth-order valence-corrected chi connectivity index (χ4v) is 2.79. The number of ether oxygens (including phenoxy) is 1. The quantitative estimate of drug-likeness (QED) is 0.753. The molecule has 1 N–H and O–H groups in total. The summed E-state index contributed by atoms with van der Waals surface area (Å²) in [7, 11) is 0. The van der Waals surface area contributed by atoms with Crippen molar-refractivity contribution in [3.05, 3.63) is 66.0 Å². The van der Waals surface area contributed by atoms with E-state index in [0.29, 0.717) is 31.9 Å². The summed E-state index contributed by atoms with van der Waals surface area (Å²) in [6.07, 6.45) is 2.35. The Morgan fingerprint density at radius 2 is 2.00 bits per heavy atom. The molecule has 0 aliphatic carbocycles. The van der Waals surface area contributed by atoms with Crippen LogP contribution in [-0.2, 0) is 17.7 Å². The van der Waals surface area contributed by atoms with Crippen LogP contribution in [0.1, 0.15) is 11.5 Å². The predicted octanol–water partition coefficient (Wildman–Crippen LogP) is 3.18. The molecule has 1 saturated heterocycles. The molecule has 1 fully saturated rings. The number of halogens is 1. The average Bonchev–Trinajstić information content (AvgIpc) is 3.22. The Morgan fingerprint density at radius 1 is 1.17 bits per heavy atom. The van der Waals surface area contributed by atoms with E-state index in [2.05, 4.69) is 10.5 Å². The van der Waals surface area contributed by atoms with Crippen LogP contribution in [0, 0.1) is 5.82 Å². The number of furan rings is 1. The Morgan fingerprint density at radius 3 is 2.67 bits per heavy atom. The number of aromatic nitrogens is 1. The summed E-state index contributed by atoms with van der Waals surface area (Å²) in [4.78, 5) is 0. The maximum atomic E-state index is 13.0. The molecule has 24 heavy (non-hydrogen) atoms. The van der Waals surface area contributed by atoms with Gasteiger partial charge in [0.05, 0.1) is 37.3 Å². The lowest BCUT2D eigenvalue weighted by atomic mass is 9.91. The van der Waals surface area contributed by atoms with Crippen molar-refractivity contribution in [2.75, 3.05) is 13.2 Å². The van der Waals surface area contributed by atoms with Crippen molar-refractivity contribution in [1.82, 2.24) is 10.5 Å². The average molecular weight is 328 g/mol. The zero-order valence-electron chi connectivity index (χ0n) is 13.0. The fraction of sp³-hybridized carbons (Fsp3) is 0.278. The molecular formula is C18H17FN2O3. The molecule has 0 bridgehead atoms. The number of nitrogens with zero attached hydrogens (tertiary/aromatic N) is 1. The standard InChI is InChI=1S/C18H17FN2O3/c19-14-5-3-13(4-6-14)17-8-15(21-24-17)9-18(11-22-12-18)20-10-16-2-1-7-23-16/h1-8,20H,9-12H2. The van der Waals surface area contributed by atoms with Gasteiger partial charge in [0.25, 0.3) is 0 Å². The molecule has 5 nitrogen and oxygen atoms in total. The molecule has 2 aromatic heterocycles. The summed E-state index contributed by atoms with van der Waals surface area (Å²) in [6.45, 7) is 1.87. The lowest BCUT2D eigenvalue weighted by molar-refractivity contribution is -0.0761. The summed E-state index contributed by atoms with van der Waals surface area (Å²) in [6, 6.07) is 11.9. The predicted molar refractivity (Wildman–Crippen MR) is 84.7 cm³/mol. The van der Waals surface area contributed by atoms with Gasteiger partial charge in [-0.3, -0.25) is 5.32 Å². The second kappa shape index (κ2) is 6.22. The van der Waals surface area contributed by atoms with Gasteiger partial charge in [-0.25, -0.2) is 4.39 Å². The Bertz CT molecular complexity index is 792. The number of hydrogen-bond acceptors (Lipinski definition) is 5. The van der Waals surface area contributed by atoms with E-state index in [1.807, 2.05) is 18.2 Å². The van der Waals surface area contributed by atoms with Crippen molar-refractivity contribution in [3.63, 3.8) is 0 Å². The molecule has 3 heterocycles. The molecule has 4 rings (SSSR count). The normalized spacial score (nSPS) is 16.0. The summed E-state index contributed by atoms with van der Waals surface area (Å²) in [5, 5.41) is 7.63. The van der Waals surface area contributed by atoms with Gasteiger partial charge in [0, 0.05) is 18.1 Å². The van der Waals surface area contributed by atoms with Crippen LogP contribution in [0.3, 0.4) is 0 Å². The highest BCUT2D eigenvalue weighted by atomic mass is 19.1. The Hall–Kier alpha value is -2.44. The van der Waals surface area contributed by atoms with Gasteiger partial charge >= 0.3 is 0 Å². The summed E-state index contributed by atoms with van der Waals surface area (Å²) in [5.74, 6) is 1.24. The van der Waals surface area contributed by atoms with Crippen LogP contribution in [0.15, 0.2) is 57.7 Å². The monoisotopic (exact) mass is 328 g/mol. The molecule has 0 radical (unpaired) electrons. The molecule has 0 saturated carbocycles. The molecular weight excluding hydrogens is 311 g/mol. The van der Waals surface area contributed by atoms with Crippen molar-refractivity contribution >= 4 is 0 Å². The first kappa shape index (κ1) is 15.1. The third kappa shape index (κ3) is 3.11. The third-order valence-electron chi connectivity index (χ3n) is 4.18. The van der Waals surface area contributed by atoms with E-state index in [4.69, 9.17) is 13.7 Å². The first-order chi connectivity index (χ1) is 11.7. The third-order valence-corrected chi connectivity index (χ3v) is 4.18. The highest BCUT2D eigenvalue weighted by Crippen LogP contribution is 2.26. The van der Waals surface area contributed by atoms with E-state index in [1.165, 1.54) is 12.1 Å². The molecule has 124 valence electrons. The minimum absolute atomic E-state index is 0.163. The SMILES string of the molecule is Fc1ccc(-c2cc(CC3(NCc4ccco4)COC3)no2)cc1. The maximum absolute atomic E-state index is 13.0. The second-order valence-corrected chi connectivity index (χ2v) is 6.07. The van der Waals surface area contributed by atoms with Crippen molar-refractivity contribution < 1.29 is 18.1 Å². The summed E-state index contributed by atoms with van der Waals surface area (Å²) >= 11 is 0. The van der Waals surface area contributed by atoms with Gasteiger partial charge in [-0.15, -0.1) is 0 Å². The smallest absolute Gasteiger partial charge is 0.167 e. The first-order valence-corrected chi connectivity index (χ1v) is 7.79. The second-order valence-electron chi connectivity index (χ2n) is 6.07.